The van der Waals surface area contributed by atoms with Gasteiger partial charge in [-0.3, -0.25) is 10.1 Å². The van der Waals surface area contributed by atoms with E-state index < -0.39 is 34.0 Å². The molecule has 1 aromatic rings. The fraction of sp³-hybridized carbons (Fsp3) is 0.533. The molecule has 1 unspecified atom stereocenters. The summed E-state index contributed by atoms with van der Waals surface area (Å²) in [6, 6.07) is 4.23. The minimum absolute atomic E-state index is 0.425. The largest absolute Gasteiger partial charge is 0.444 e. The van der Waals surface area contributed by atoms with Crippen molar-refractivity contribution >= 4 is 6.09 Å². The molecule has 122 valence electrons. The number of nitrogens with zero attached hydrogens (tertiary/aromatic N) is 1. The van der Waals surface area contributed by atoms with E-state index in [1.807, 2.05) is 0 Å². The molecular weight excluding hydrogens is 291 g/mol. The number of benzene rings is 1. The van der Waals surface area contributed by atoms with Gasteiger partial charge >= 0.3 is 6.09 Å². The standard InChI is InChI=1S/C15H21FN2O4/c1-14(2,3)22-13(19)17-12(15(4,5)18(20)21)10-6-8-11(16)9-7-10/h6-9,12H,1-5H3,(H,17,19). The first-order chi connectivity index (χ1) is 9.93. The molecule has 0 saturated carbocycles. The van der Waals surface area contributed by atoms with Crippen LogP contribution in [0.3, 0.4) is 0 Å². The minimum atomic E-state index is -1.49. The number of halogens is 1. The highest BCUT2D eigenvalue weighted by Gasteiger charge is 2.43. The van der Waals surface area contributed by atoms with E-state index in [2.05, 4.69) is 5.32 Å². The van der Waals surface area contributed by atoms with Gasteiger partial charge in [-0.1, -0.05) is 12.1 Å². The van der Waals surface area contributed by atoms with E-state index in [4.69, 9.17) is 4.74 Å². The number of hydrogen-bond acceptors (Lipinski definition) is 4. The van der Waals surface area contributed by atoms with Gasteiger partial charge in [-0.2, -0.15) is 0 Å². The van der Waals surface area contributed by atoms with Gasteiger partial charge in [0.1, 0.15) is 17.5 Å². The topological polar surface area (TPSA) is 81.5 Å². The summed E-state index contributed by atoms with van der Waals surface area (Å²) in [5, 5.41) is 13.8. The zero-order valence-corrected chi connectivity index (χ0v) is 13.3. The van der Waals surface area contributed by atoms with Crippen LogP contribution in [0.4, 0.5) is 9.18 Å². The van der Waals surface area contributed by atoms with Crippen LogP contribution in [-0.2, 0) is 4.74 Å². The number of amides is 1. The summed E-state index contributed by atoms with van der Waals surface area (Å²) >= 11 is 0. The average molecular weight is 312 g/mol. The number of nitrogens with one attached hydrogen (secondary N) is 1. The van der Waals surface area contributed by atoms with Gasteiger partial charge < -0.3 is 10.1 Å². The van der Waals surface area contributed by atoms with Gasteiger partial charge in [-0.05, 0) is 38.5 Å². The fourth-order valence-electron chi connectivity index (χ4n) is 1.85. The molecule has 0 fully saturated rings. The minimum Gasteiger partial charge on any atom is -0.444 e. The second-order valence-electron chi connectivity index (χ2n) is 6.54. The zero-order valence-electron chi connectivity index (χ0n) is 13.3. The Hall–Kier alpha value is -2.18. The highest BCUT2D eigenvalue weighted by atomic mass is 19.1. The van der Waals surface area contributed by atoms with Crippen molar-refractivity contribution in [1.82, 2.24) is 5.32 Å². The second-order valence-corrected chi connectivity index (χ2v) is 6.54. The van der Waals surface area contributed by atoms with E-state index in [9.17, 15) is 19.3 Å². The molecule has 0 aliphatic carbocycles. The quantitative estimate of drug-likeness (QED) is 0.682. The molecule has 0 bridgehead atoms. The van der Waals surface area contributed by atoms with E-state index in [1.54, 1.807) is 20.8 Å². The van der Waals surface area contributed by atoms with E-state index in [0.29, 0.717) is 5.56 Å². The molecule has 7 heteroatoms. The average Bonchev–Trinajstić information content (AvgIpc) is 2.34. The van der Waals surface area contributed by atoms with Crippen molar-refractivity contribution in [2.75, 3.05) is 0 Å². The molecule has 0 radical (unpaired) electrons. The Labute approximate surface area is 128 Å². The number of alkyl carbamates (subject to hydrolysis) is 1. The van der Waals surface area contributed by atoms with Crippen LogP contribution in [-0.4, -0.2) is 22.2 Å². The van der Waals surface area contributed by atoms with Crippen molar-refractivity contribution in [2.45, 2.75) is 51.8 Å². The summed E-state index contributed by atoms with van der Waals surface area (Å²) in [5.41, 5.74) is -1.79. The molecule has 1 atom stereocenters. The first-order valence-corrected chi connectivity index (χ1v) is 6.83. The molecule has 0 saturated heterocycles. The predicted octanol–water partition coefficient (Wildman–Crippen LogP) is 3.45. The number of hydrogen-bond donors (Lipinski definition) is 1. The van der Waals surface area contributed by atoms with Crippen LogP contribution in [0.1, 0.15) is 46.2 Å². The summed E-state index contributed by atoms with van der Waals surface area (Å²) in [7, 11) is 0. The maximum Gasteiger partial charge on any atom is 0.408 e. The van der Waals surface area contributed by atoms with Gasteiger partial charge in [-0.25, -0.2) is 9.18 Å². The molecule has 0 aliphatic rings. The molecule has 1 N–H and O–H groups in total. The van der Waals surface area contributed by atoms with Crippen LogP contribution < -0.4 is 5.32 Å². The van der Waals surface area contributed by atoms with Crippen LogP contribution in [0.5, 0.6) is 0 Å². The monoisotopic (exact) mass is 312 g/mol. The lowest BCUT2D eigenvalue weighted by atomic mass is 9.89. The Morgan fingerprint density at radius 2 is 1.73 bits per heavy atom. The SMILES string of the molecule is CC(C)(C)OC(=O)NC(c1ccc(F)cc1)C(C)(C)[N+](=O)[O-]. The molecule has 1 amide bonds. The van der Waals surface area contributed by atoms with Gasteiger partial charge in [0.2, 0.25) is 5.54 Å². The van der Waals surface area contributed by atoms with Crippen molar-refractivity contribution in [1.29, 1.82) is 0 Å². The summed E-state index contributed by atoms with van der Waals surface area (Å²) in [5.74, 6) is -0.460. The second kappa shape index (κ2) is 6.29. The maximum absolute atomic E-state index is 13.0. The van der Waals surface area contributed by atoms with Crippen molar-refractivity contribution in [2.24, 2.45) is 0 Å². The zero-order chi connectivity index (χ0) is 17.1. The molecule has 1 rings (SSSR count). The Balaban J connectivity index is 3.10. The molecule has 22 heavy (non-hydrogen) atoms. The molecule has 6 nitrogen and oxygen atoms in total. The first kappa shape index (κ1) is 17.9. The molecular formula is C15H21FN2O4. The third-order valence-electron chi connectivity index (χ3n) is 3.04. The van der Waals surface area contributed by atoms with E-state index in [0.717, 1.165) is 0 Å². The fourth-order valence-corrected chi connectivity index (χ4v) is 1.85. The molecule has 0 aromatic heterocycles. The lowest BCUT2D eigenvalue weighted by molar-refractivity contribution is -0.566. The highest BCUT2D eigenvalue weighted by molar-refractivity contribution is 5.68. The number of carbonyl (C=O) groups is 1. The van der Waals surface area contributed by atoms with Crippen molar-refractivity contribution < 1.29 is 18.8 Å². The molecule has 0 heterocycles. The highest BCUT2D eigenvalue weighted by Crippen LogP contribution is 2.29. The van der Waals surface area contributed by atoms with Gasteiger partial charge in [0.15, 0.2) is 0 Å². The van der Waals surface area contributed by atoms with Crippen molar-refractivity contribution in [3.05, 3.63) is 45.8 Å². The summed E-state index contributed by atoms with van der Waals surface area (Å²) in [6.45, 7) is 7.85. The van der Waals surface area contributed by atoms with Crippen LogP contribution in [0.15, 0.2) is 24.3 Å². The Morgan fingerprint density at radius 3 is 2.14 bits per heavy atom. The Morgan fingerprint density at radius 1 is 1.23 bits per heavy atom. The van der Waals surface area contributed by atoms with Gasteiger partial charge in [0, 0.05) is 18.8 Å². The normalized spacial score (nSPS) is 13.4. The van der Waals surface area contributed by atoms with Crippen LogP contribution in [0.2, 0.25) is 0 Å². The maximum atomic E-state index is 13.0. The Kier molecular flexibility index (Phi) is 5.11. The molecule has 0 aliphatic heterocycles. The predicted molar refractivity (Wildman–Crippen MR) is 79.6 cm³/mol. The number of carbonyl (C=O) groups excluding carboxylic acids is 1. The molecule has 1 aromatic carbocycles. The first-order valence-electron chi connectivity index (χ1n) is 6.83. The van der Waals surface area contributed by atoms with Crippen molar-refractivity contribution in [3.8, 4) is 0 Å². The van der Waals surface area contributed by atoms with E-state index in [1.165, 1.54) is 38.1 Å². The number of nitro groups is 1. The van der Waals surface area contributed by atoms with Crippen LogP contribution >= 0.6 is 0 Å². The lowest BCUT2D eigenvalue weighted by Gasteiger charge is -2.29. The third-order valence-corrected chi connectivity index (χ3v) is 3.04. The number of rotatable bonds is 4. The van der Waals surface area contributed by atoms with Crippen LogP contribution in [0.25, 0.3) is 0 Å². The van der Waals surface area contributed by atoms with Crippen LogP contribution in [0, 0.1) is 15.9 Å². The van der Waals surface area contributed by atoms with Gasteiger partial charge in [0.05, 0.1) is 0 Å². The lowest BCUT2D eigenvalue weighted by Crippen LogP contribution is -2.48. The van der Waals surface area contributed by atoms with Gasteiger partial charge in [-0.15, -0.1) is 0 Å². The summed E-state index contributed by atoms with van der Waals surface area (Å²) < 4.78 is 18.2. The molecule has 0 spiro atoms. The summed E-state index contributed by atoms with van der Waals surface area (Å²) in [4.78, 5) is 22.8. The van der Waals surface area contributed by atoms with E-state index in [-0.39, 0.29) is 0 Å². The number of ether oxygens (including phenoxy) is 1. The Bertz CT molecular complexity index is 550. The van der Waals surface area contributed by atoms with E-state index >= 15 is 0 Å². The smallest absolute Gasteiger partial charge is 0.408 e. The van der Waals surface area contributed by atoms with Crippen molar-refractivity contribution in [3.63, 3.8) is 0 Å². The van der Waals surface area contributed by atoms with Gasteiger partial charge in [0.25, 0.3) is 0 Å². The summed E-state index contributed by atoms with van der Waals surface area (Å²) in [6.07, 6.45) is -0.767. The third kappa shape index (κ3) is 4.68.